The van der Waals surface area contributed by atoms with E-state index in [4.69, 9.17) is 9.47 Å². The molecule has 1 aromatic heterocycles. The first-order chi connectivity index (χ1) is 10.3. The molecule has 2 aliphatic heterocycles. The minimum atomic E-state index is -0.200. The predicted molar refractivity (Wildman–Crippen MR) is 76.4 cm³/mol. The normalized spacial score (nSPS) is 23.7. The van der Waals surface area contributed by atoms with Gasteiger partial charge in [0, 0.05) is 38.4 Å². The van der Waals surface area contributed by atoms with Crippen molar-refractivity contribution in [1.29, 1.82) is 0 Å². The first-order valence-corrected chi connectivity index (χ1v) is 7.36. The summed E-state index contributed by atoms with van der Waals surface area (Å²) in [5, 5.41) is 6.61. The van der Waals surface area contributed by atoms with Crippen LogP contribution in [0.1, 0.15) is 35.3 Å². The maximum atomic E-state index is 11.1. The quantitative estimate of drug-likeness (QED) is 0.783. The smallest absolute Gasteiger partial charge is 0.168 e. The number of rotatable bonds is 4. The van der Waals surface area contributed by atoms with Gasteiger partial charge in [-0.3, -0.25) is 4.79 Å². The molecular weight excluding hydrogens is 272 g/mol. The molecule has 1 aromatic rings. The van der Waals surface area contributed by atoms with Crippen LogP contribution in [-0.4, -0.2) is 55.2 Å². The van der Waals surface area contributed by atoms with Gasteiger partial charge in [0.05, 0.1) is 6.61 Å². The molecule has 0 radical (unpaired) electrons. The van der Waals surface area contributed by atoms with Crippen LogP contribution in [0.5, 0.6) is 0 Å². The van der Waals surface area contributed by atoms with Crippen LogP contribution in [0.25, 0.3) is 0 Å². The molecule has 2 fully saturated rings. The largest absolute Gasteiger partial charge is 0.381 e. The lowest BCUT2D eigenvalue weighted by Gasteiger charge is -2.25. The Kier molecular flexibility index (Phi) is 4.74. The second kappa shape index (κ2) is 6.93. The molecule has 0 spiro atoms. The van der Waals surface area contributed by atoms with Gasteiger partial charge in [0.2, 0.25) is 0 Å². The van der Waals surface area contributed by atoms with Gasteiger partial charge in [0.15, 0.2) is 12.1 Å². The lowest BCUT2D eigenvalue weighted by molar-refractivity contribution is 0.0221. The van der Waals surface area contributed by atoms with Crippen LogP contribution in [0.2, 0.25) is 0 Å². The van der Waals surface area contributed by atoms with Crippen molar-refractivity contribution in [2.45, 2.75) is 25.0 Å². The molecule has 0 bridgehead atoms. The molecule has 3 rings (SSSR count). The molecule has 2 saturated heterocycles. The topological polar surface area (TPSA) is 85.4 Å². The Morgan fingerprint density at radius 2 is 2.14 bits per heavy atom. The minimum Gasteiger partial charge on any atom is -0.381 e. The maximum Gasteiger partial charge on any atom is 0.168 e. The lowest BCUT2D eigenvalue weighted by Crippen LogP contribution is -2.34. The molecule has 0 saturated carbocycles. The van der Waals surface area contributed by atoms with Crippen molar-refractivity contribution in [2.24, 2.45) is 0 Å². The number of morpholine rings is 1. The second-order valence-corrected chi connectivity index (χ2v) is 5.25. The van der Waals surface area contributed by atoms with E-state index in [1.165, 1.54) is 0 Å². The Morgan fingerprint density at radius 3 is 2.86 bits per heavy atom. The van der Waals surface area contributed by atoms with E-state index in [1.54, 1.807) is 6.07 Å². The minimum absolute atomic E-state index is 0.200. The summed E-state index contributed by atoms with van der Waals surface area (Å²) in [5.41, 5.74) is 0.378. The summed E-state index contributed by atoms with van der Waals surface area (Å²) in [5.74, 6) is 1.24. The average Bonchev–Trinajstić information content (AvgIpc) is 2.56. The third-order valence-electron chi connectivity index (χ3n) is 3.67. The van der Waals surface area contributed by atoms with Crippen molar-refractivity contribution in [3.8, 4) is 0 Å². The van der Waals surface area contributed by atoms with Gasteiger partial charge in [-0.05, 0) is 12.8 Å². The van der Waals surface area contributed by atoms with Gasteiger partial charge in [0.25, 0.3) is 0 Å². The van der Waals surface area contributed by atoms with Crippen molar-refractivity contribution < 1.29 is 14.3 Å². The van der Waals surface area contributed by atoms with Gasteiger partial charge >= 0.3 is 0 Å². The molecule has 2 aliphatic rings. The Morgan fingerprint density at radius 1 is 1.29 bits per heavy atom. The van der Waals surface area contributed by atoms with Crippen molar-refractivity contribution in [2.75, 3.05) is 38.2 Å². The third kappa shape index (κ3) is 3.75. The number of aromatic nitrogens is 2. The number of carbonyl (C=O) groups is 1. The second-order valence-electron chi connectivity index (χ2n) is 5.25. The molecular formula is C14H20N4O3. The van der Waals surface area contributed by atoms with E-state index in [9.17, 15) is 4.79 Å². The molecule has 21 heavy (non-hydrogen) atoms. The first kappa shape index (κ1) is 14.4. The number of nitrogens with zero attached hydrogens (tertiary/aromatic N) is 2. The van der Waals surface area contributed by atoms with Gasteiger partial charge in [-0.1, -0.05) is 0 Å². The van der Waals surface area contributed by atoms with Crippen LogP contribution in [0.15, 0.2) is 6.07 Å². The van der Waals surface area contributed by atoms with Crippen molar-refractivity contribution in [3.05, 3.63) is 17.6 Å². The van der Waals surface area contributed by atoms with Crippen LogP contribution >= 0.6 is 0 Å². The fraction of sp³-hybridized carbons (Fsp3) is 0.643. The summed E-state index contributed by atoms with van der Waals surface area (Å²) in [7, 11) is 0. The fourth-order valence-corrected chi connectivity index (χ4v) is 2.55. The summed E-state index contributed by atoms with van der Waals surface area (Å²) in [6.07, 6.45) is 2.43. The number of hydrogen-bond acceptors (Lipinski definition) is 7. The number of hydrogen-bond donors (Lipinski definition) is 2. The van der Waals surface area contributed by atoms with Crippen LogP contribution in [0.4, 0.5) is 5.82 Å². The summed E-state index contributed by atoms with van der Waals surface area (Å²) in [6.45, 7) is 3.63. The molecule has 0 amide bonds. The molecule has 114 valence electrons. The monoisotopic (exact) mass is 292 g/mol. The van der Waals surface area contributed by atoms with Crippen LogP contribution in [0, 0.1) is 0 Å². The summed E-state index contributed by atoms with van der Waals surface area (Å²) in [4.78, 5) is 19.9. The molecule has 2 N–H and O–H groups in total. The molecule has 0 aromatic carbocycles. The van der Waals surface area contributed by atoms with E-state index >= 15 is 0 Å². The third-order valence-corrected chi connectivity index (χ3v) is 3.67. The Bertz CT molecular complexity index is 485. The van der Waals surface area contributed by atoms with Gasteiger partial charge < -0.3 is 20.1 Å². The highest BCUT2D eigenvalue weighted by Gasteiger charge is 2.21. The molecule has 1 unspecified atom stereocenters. The predicted octanol–water partition coefficient (Wildman–Crippen LogP) is 0.541. The molecule has 3 heterocycles. The highest BCUT2D eigenvalue weighted by Crippen LogP contribution is 2.19. The number of aldehydes is 1. The van der Waals surface area contributed by atoms with Crippen molar-refractivity contribution in [3.63, 3.8) is 0 Å². The number of ether oxygens (including phenoxy) is 2. The van der Waals surface area contributed by atoms with Gasteiger partial charge in [-0.25, -0.2) is 9.97 Å². The average molecular weight is 292 g/mol. The molecule has 7 nitrogen and oxygen atoms in total. The van der Waals surface area contributed by atoms with E-state index in [-0.39, 0.29) is 6.10 Å². The van der Waals surface area contributed by atoms with Gasteiger partial charge in [0.1, 0.15) is 17.6 Å². The highest BCUT2D eigenvalue weighted by atomic mass is 16.5. The van der Waals surface area contributed by atoms with Gasteiger partial charge in [-0.15, -0.1) is 0 Å². The zero-order valence-corrected chi connectivity index (χ0v) is 11.9. The summed E-state index contributed by atoms with van der Waals surface area (Å²) >= 11 is 0. The van der Waals surface area contributed by atoms with Crippen molar-refractivity contribution >= 4 is 12.1 Å². The SMILES string of the molecule is O=Cc1cc(NC2CCOCC2)nc(C2CNCCO2)n1. The maximum absolute atomic E-state index is 11.1. The summed E-state index contributed by atoms with van der Waals surface area (Å²) < 4.78 is 11.0. The van der Waals surface area contributed by atoms with Gasteiger partial charge in [-0.2, -0.15) is 0 Å². The van der Waals surface area contributed by atoms with E-state index in [1.807, 2.05) is 0 Å². The highest BCUT2D eigenvalue weighted by molar-refractivity contribution is 5.73. The van der Waals surface area contributed by atoms with Crippen LogP contribution < -0.4 is 10.6 Å². The Hall–Kier alpha value is -1.57. The molecule has 0 aliphatic carbocycles. The Labute approximate surface area is 123 Å². The fourth-order valence-electron chi connectivity index (χ4n) is 2.55. The van der Waals surface area contributed by atoms with E-state index < -0.39 is 0 Å². The van der Waals surface area contributed by atoms with Crippen LogP contribution in [0.3, 0.4) is 0 Å². The molecule has 1 atom stereocenters. The van der Waals surface area contributed by atoms with E-state index in [2.05, 4.69) is 20.6 Å². The van der Waals surface area contributed by atoms with Crippen LogP contribution in [-0.2, 0) is 9.47 Å². The Balaban J connectivity index is 1.76. The summed E-state index contributed by atoms with van der Waals surface area (Å²) in [6, 6.07) is 2.01. The van der Waals surface area contributed by atoms with E-state index in [0.29, 0.717) is 36.5 Å². The number of carbonyl (C=O) groups excluding carboxylic acids is 1. The standard InChI is InChI=1S/C14H20N4O3/c19-9-11-7-13(16-10-1-4-20-5-2-10)18-14(17-11)12-8-15-3-6-21-12/h7,9-10,12,15H,1-6,8H2,(H,16,17,18). The van der Waals surface area contributed by atoms with E-state index in [0.717, 1.165) is 38.9 Å². The number of nitrogens with one attached hydrogen (secondary N) is 2. The van der Waals surface area contributed by atoms with Crippen molar-refractivity contribution in [1.82, 2.24) is 15.3 Å². The first-order valence-electron chi connectivity index (χ1n) is 7.36. The molecule has 7 heteroatoms. The zero-order chi connectivity index (χ0) is 14.5. The zero-order valence-electron chi connectivity index (χ0n) is 11.9. The lowest BCUT2D eigenvalue weighted by atomic mass is 10.1. The number of anilines is 1.